The summed E-state index contributed by atoms with van der Waals surface area (Å²) in [7, 11) is 1.63. The Kier molecular flexibility index (Phi) is 5.33. The van der Waals surface area contributed by atoms with E-state index in [1.807, 2.05) is 60.7 Å². The van der Waals surface area contributed by atoms with Gasteiger partial charge in [-0.15, -0.1) is 10.2 Å². The van der Waals surface area contributed by atoms with Crippen LogP contribution in [0.15, 0.2) is 83.3 Å². The molecule has 0 aliphatic carbocycles. The van der Waals surface area contributed by atoms with Gasteiger partial charge in [-0.05, 0) is 41.5 Å². The Bertz CT molecular complexity index is 1030. The van der Waals surface area contributed by atoms with Crippen LogP contribution in [0.1, 0.15) is 17.0 Å². The molecule has 0 saturated carbocycles. The summed E-state index contributed by atoms with van der Waals surface area (Å²) in [5, 5.41) is 8.20. The Morgan fingerprint density at radius 3 is 2.36 bits per heavy atom. The van der Waals surface area contributed by atoms with Crippen LogP contribution in [0.3, 0.4) is 0 Å². The molecule has 5 nitrogen and oxygen atoms in total. The number of benzene rings is 3. The second-order valence-electron chi connectivity index (χ2n) is 6.29. The fourth-order valence-electron chi connectivity index (χ4n) is 2.91. The van der Waals surface area contributed by atoms with Gasteiger partial charge in [-0.1, -0.05) is 48.5 Å². The highest BCUT2D eigenvalue weighted by molar-refractivity contribution is 5.53. The van der Waals surface area contributed by atoms with Gasteiger partial charge in [0.2, 0.25) is 5.89 Å². The summed E-state index contributed by atoms with van der Waals surface area (Å²) in [5.41, 5.74) is 3.19. The number of methoxy groups -OCH3 is 1. The van der Waals surface area contributed by atoms with Crippen LogP contribution < -0.4 is 9.47 Å². The molecule has 1 heterocycles. The highest BCUT2D eigenvalue weighted by Gasteiger charge is 2.11. The van der Waals surface area contributed by atoms with Gasteiger partial charge in [-0.25, -0.2) is 0 Å². The van der Waals surface area contributed by atoms with E-state index in [9.17, 15) is 0 Å². The lowest BCUT2D eigenvalue weighted by molar-refractivity contribution is 0.262. The number of hydrogen-bond acceptors (Lipinski definition) is 5. The topological polar surface area (TPSA) is 57.4 Å². The van der Waals surface area contributed by atoms with Gasteiger partial charge in [0.1, 0.15) is 11.5 Å². The molecule has 0 aliphatic heterocycles. The predicted octanol–water partition coefficient (Wildman–Crippen LogP) is 4.92. The standard InChI is InChI=1S/C23H20N2O3/c1-26-20-13-11-18(12-14-20)23-25-24-22(28-23)16-27-21-10-6-5-9-19(21)15-17-7-3-2-4-8-17/h2-14H,15-16H2,1H3. The number of nitrogens with zero attached hydrogens (tertiary/aromatic N) is 2. The highest BCUT2D eigenvalue weighted by atomic mass is 16.5. The van der Waals surface area contributed by atoms with E-state index in [0.717, 1.165) is 29.0 Å². The number of aromatic nitrogens is 2. The molecule has 0 N–H and O–H groups in total. The van der Waals surface area contributed by atoms with Crippen molar-refractivity contribution in [2.45, 2.75) is 13.0 Å². The van der Waals surface area contributed by atoms with Gasteiger partial charge in [0.25, 0.3) is 5.89 Å². The molecule has 0 atom stereocenters. The molecule has 0 spiro atoms. The van der Waals surface area contributed by atoms with Gasteiger partial charge in [0, 0.05) is 12.0 Å². The zero-order chi connectivity index (χ0) is 19.2. The van der Waals surface area contributed by atoms with Crippen molar-refractivity contribution in [1.82, 2.24) is 10.2 Å². The third-order valence-corrected chi connectivity index (χ3v) is 4.36. The maximum atomic E-state index is 5.96. The summed E-state index contributed by atoms with van der Waals surface area (Å²) in [6.07, 6.45) is 0.804. The van der Waals surface area contributed by atoms with Crippen molar-refractivity contribution in [3.63, 3.8) is 0 Å². The van der Waals surface area contributed by atoms with Crippen molar-refractivity contribution in [2.75, 3.05) is 7.11 Å². The van der Waals surface area contributed by atoms with Gasteiger partial charge < -0.3 is 13.9 Å². The Balaban J connectivity index is 1.44. The number of ether oxygens (including phenoxy) is 2. The molecule has 5 heteroatoms. The van der Waals surface area contributed by atoms with Crippen LogP contribution in [0.5, 0.6) is 11.5 Å². The van der Waals surface area contributed by atoms with E-state index in [1.165, 1.54) is 5.56 Å². The average molecular weight is 372 g/mol. The van der Waals surface area contributed by atoms with Crippen LogP contribution in [-0.2, 0) is 13.0 Å². The van der Waals surface area contributed by atoms with Gasteiger partial charge in [-0.3, -0.25) is 0 Å². The smallest absolute Gasteiger partial charge is 0.254 e. The van der Waals surface area contributed by atoms with E-state index < -0.39 is 0 Å². The fraction of sp³-hybridized carbons (Fsp3) is 0.130. The third-order valence-electron chi connectivity index (χ3n) is 4.36. The van der Waals surface area contributed by atoms with E-state index in [4.69, 9.17) is 13.9 Å². The van der Waals surface area contributed by atoms with Crippen LogP contribution in [0.25, 0.3) is 11.5 Å². The maximum Gasteiger partial charge on any atom is 0.254 e. The summed E-state index contributed by atoms with van der Waals surface area (Å²) < 4.78 is 16.9. The van der Waals surface area contributed by atoms with Gasteiger partial charge in [0.05, 0.1) is 7.11 Å². The summed E-state index contributed by atoms with van der Waals surface area (Å²) in [4.78, 5) is 0. The second-order valence-corrected chi connectivity index (χ2v) is 6.29. The fourth-order valence-corrected chi connectivity index (χ4v) is 2.91. The molecular formula is C23H20N2O3. The van der Waals surface area contributed by atoms with Crippen molar-refractivity contribution in [2.24, 2.45) is 0 Å². The lowest BCUT2D eigenvalue weighted by atomic mass is 10.0. The largest absolute Gasteiger partial charge is 0.497 e. The first kappa shape index (κ1) is 17.8. The monoisotopic (exact) mass is 372 g/mol. The SMILES string of the molecule is COc1ccc(-c2nnc(COc3ccccc3Cc3ccccc3)o2)cc1. The molecule has 0 bridgehead atoms. The molecular weight excluding hydrogens is 352 g/mol. The molecule has 1 aromatic heterocycles. The number of hydrogen-bond donors (Lipinski definition) is 0. The van der Waals surface area contributed by atoms with Crippen molar-refractivity contribution in [3.8, 4) is 23.0 Å². The van der Waals surface area contributed by atoms with E-state index in [0.29, 0.717) is 11.8 Å². The Hall–Kier alpha value is -3.60. The Labute approximate surface area is 163 Å². The lowest BCUT2D eigenvalue weighted by Gasteiger charge is -2.10. The average Bonchev–Trinajstić information content (AvgIpc) is 3.23. The minimum atomic E-state index is 0.217. The minimum Gasteiger partial charge on any atom is -0.497 e. The molecule has 0 aliphatic rings. The molecule has 3 aromatic carbocycles. The summed E-state index contributed by atoms with van der Waals surface area (Å²) in [6.45, 7) is 0.217. The van der Waals surface area contributed by atoms with Crippen LogP contribution in [-0.4, -0.2) is 17.3 Å². The van der Waals surface area contributed by atoms with E-state index in [-0.39, 0.29) is 6.61 Å². The Morgan fingerprint density at radius 1 is 0.821 bits per heavy atom. The predicted molar refractivity (Wildman–Crippen MR) is 106 cm³/mol. The molecule has 0 amide bonds. The van der Waals surface area contributed by atoms with Crippen LogP contribution in [0.4, 0.5) is 0 Å². The van der Waals surface area contributed by atoms with Crippen LogP contribution in [0, 0.1) is 0 Å². The Morgan fingerprint density at radius 2 is 1.57 bits per heavy atom. The van der Waals surface area contributed by atoms with Crippen molar-refractivity contribution in [3.05, 3.63) is 95.9 Å². The molecule has 140 valence electrons. The van der Waals surface area contributed by atoms with E-state index in [2.05, 4.69) is 28.4 Å². The normalized spacial score (nSPS) is 10.6. The molecule has 0 fully saturated rings. The van der Waals surface area contributed by atoms with Crippen LogP contribution in [0.2, 0.25) is 0 Å². The van der Waals surface area contributed by atoms with Crippen molar-refractivity contribution in [1.29, 1.82) is 0 Å². The number of para-hydroxylation sites is 1. The first-order chi connectivity index (χ1) is 13.8. The molecule has 0 saturated heterocycles. The summed E-state index contributed by atoms with van der Waals surface area (Å²) in [5.74, 6) is 2.48. The van der Waals surface area contributed by atoms with Crippen LogP contribution >= 0.6 is 0 Å². The summed E-state index contributed by atoms with van der Waals surface area (Å²) >= 11 is 0. The first-order valence-corrected chi connectivity index (χ1v) is 9.03. The van der Waals surface area contributed by atoms with E-state index in [1.54, 1.807) is 7.11 Å². The third kappa shape index (κ3) is 4.20. The lowest BCUT2D eigenvalue weighted by Crippen LogP contribution is -1.99. The van der Waals surface area contributed by atoms with Gasteiger partial charge in [-0.2, -0.15) is 0 Å². The molecule has 0 unspecified atom stereocenters. The molecule has 28 heavy (non-hydrogen) atoms. The molecule has 0 radical (unpaired) electrons. The first-order valence-electron chi connectivity index (χ1n) is 9.03. The second kappa shape index (κ2) is 8.39. The number of rotatable bonds is 7. The van der Waals surface area contributed by atoms with E-state index >= 15 is 0 Å². The molecule has 4 rings (SSSR count). The zero-order valence-corrected chi connectivity index (χ0v) is 15.5. The minimum absolute atomic E-state index is 0.217. The van der Waals surface area contributed by atoms with Gasteiger partial charge in [0.15, 0.2) is 6.61 Å². The molecule has 4 aromatic rings. The highest BCUT2D eigenvalue weighted by Crippen LogP contribution is 2.24. The maximum absolute atomic E-state index is 5.96. The quantitative estimate of drug-likeness (QED) is 0.461. The summed E-state index contributed by atoms with van der Waals surface area (Å²) in [6, 6.07) is 25.8. The van der Waals surface area contributed by atoms with Crippen molar-refractivity contribution >= 4 is 0 Å². The van der Waals surface area contributed by atoms with Gasteiger partial charge >= 0.3 is 0 Å². The zero-order valence-electron chi connectivity index (χ0n) is 15.5. The van der Waals surface area contributed by atoms with Crippen molar-refractivity contribution < 1.29 is 13.9 Å².